The maximum absolute atomic E-state index is 9.64. The van der Waals surface area contributed by atoms with Gasteiger partial charge in [0.25, 0.3) is 0 Å². The molecule has 0 saturated carbocycles. The summed E-state index contributed by atoms with van der Waals surface area (Å²) in [4.78, 5) is 19.3. The average Bonchev–Trinajstić information content (AvgIpc) is 1.61. The SMILES string of the molecule is O=[14C](O)CC[14C](=O)O. The Balaban J connectivity index is 3.18. The highest BCUT2D eigenvalue weighted by Gasteiger charge is 2.00. The van der Waals surface area contributed by atoms with Gasteiger partial charge in [0.15, 0.2) is 0 Å². The van der Waals surface area contributed by atoms with Gasteiger partial charge in [0.2, 0.25) is 0 Å². The van der Waals surface area contributed by atoms with Crippen molar-refractivity contribution in [3.63, 3.8) is 0 Å². The Labute approximate surface area is 45.7 Å². The van der Waals surface area contributed by atoms with E-state index >= 15 is 0 Å². The molecule has 0 aromatic heterocycles. The largest absolute Gasteiger partial charge is 0.481 e. The quantitative estimate of drug-likeness (QED) is 0.549. The Morgan fingerprint density at radius 2 is 1.25 bits per heavy atom. The van der Waals surface area contributed by atoms with Crippen molar-refractivity contribution in [2.45, 2.75) is 12.8 Å². The average molecular weight is 122 g/mol. The summed E-state index contributed by atoms with van der Waals surface area (Å²) in [5, 5.41) is 15.8. The molecule has 0 aliphatic rings. The first-order chi connectivity index (χ1) is 3.63. The summed E-state index contributed by atoms with van der Waals surface area (Å²) in [6, 6.07) is 0. The van der Waals surface area contributed by atoms with Gasteiger partial charge in [-0.05, 0) is 0 Å². The van der Waals surface area contributed by atoms with Gasteiger partial charge in [0.05, 0.1) is 12.8 Å². The molecule has 0 rings (SSSR count). The Hall–Kier alpha value is -1.06. The standard InChI is InChI=1S/C4H6O4/c5-3(6)1-2-4(7)8/h1-2H2,(H,5,6)(H,7,8)/i3+2,4+2. The van der Waals surface area contributed by atoms with Gasteiger partial charge in [-0.1, -0.05) is 0 Å². The van der Waals surface area contributed by atoms with Gasteiger partial charge in [0, 0.05) is 0 Å². The summed E-state index contributed by atoms with van der Waals surface area (Å²) < 4.78 is 0. The van der Waals surface area contributed by atoms with Gasteiger partial charge in [0.1, 0.15) is 0 Å². The van der Waals surface area contributed by atoms with E-state index in [0.29, 0.717) is 0 Å². The number of hydrogen-bond acceptors (Lipinski definition) is 2. The van der Waals surface area contributed by atoms with Crippen molar-refractivity contribution < 1.29 is 19.8 Å². The molecule has 0 aliphatic carbocycles. The minimum absolute atomic E-state index is 0.296. The van der Waals surface area contributed by atoms with Gasteiger partial charge in [-0.15, -0.1) is 0 Å². The number of carboxylic acid groups (broad SMARTS) is 2. The van der Waals surface area contributed by atoms with Crippen LogP contribution in [0.15, 0.2) is 0 Å². The van der Waals surface area contributed by atoms with Crippen LogP contribution in [0.4, 0.5) is 0 Å². The van der Waals surface area contributed by atoms with Crippen LogP contribution in [-0.4, -0.2) is 22.2 Å². The topological polar surface area (TPSA) is 74.6 Å². The van der Waals surface area contributed by atoms with Crippen molar-refractivity contribution in [2.75, 3.05) is 0 Å². The molecule has 4 nitrogen and oxygen atoms in total. The van der Waals surface area contributed by atoms with E-state index in [0.717, 1.165) is 0 Å². The highest BCUT2D eigenvalue weighted by atomic mass is 16.6. The molecule has 8 heavy (non-hydrogen) atoms. The van der Waals surface area contributed by atoms with Crippen LogP contribution >= 0.6 is 0 Å². The molecule has 4 heteroatoms. The Bertz CT molecular complexity index is 92.6. The molecule has 0 heterocycles. The minimum Gasteiger partial charge on any atom is -0.481 e. The van der Waals surface area contributed by atoms with E-state index < -0.39 is 11.9 Å². The van der Waals surface area contributed by atoms with Crippen LogP contribution in [0.25, 0.3) is 0 Å². The van der Waals surface area contributed by atoms with Crippen LogP contribution in [0.2, 0.25) is 0 Å². The third kappa shape index (κ3) is 4.94. The lowest BCUT2D eigenvalue weighted by atomic mass is 10.7. The first-order valence-electron chi connectivity index (χ1n) is 2.06. The molecule has 0 bridgehead atoms. The third-order valence-corrected chi connectivity index (χ3v) is 0.553. The summed E-state index contributed by atoms with van der Waals surface area (Å²) in [7, 11) is 0. The summed E-state index contributed by atoms with van der Waals surface area (Å²) in [5.74, 6) is -2.15. The van der Waals surface area contributed by atoms with E-state index in [2.05, 4.69) is 0 Å². The molecule has 0 fully saturated rings. The normalized spacial score (nSPS) is 8.50. The van der Waals surface area contributed by atoms with Gasteiger partial charge in [-0.25, -0.2) is 0 Å². The summed E-state index contributed by atoms with van der Waals surface area (Å²) in [5.41, 5.74) is 0. The molecule has 0 aromatic rings. The second-order valence-corrected chi connectivity index (χ2v) is 1.29. The van der Waals surface area contributed by atoms with Crippen LogP contribution in [0.5, 0.6) is 0 Å². The molecule has 0 spiro atoms. The molecule has 46 valence electrons. The molecular weight excluding hydrogens is 116 g/mol. The Morgan fingerprint density at radius 3 is 1.38 bits per heavy atom. The number of hydrogen-bond donors (Lipinski definition) is 2. The molecule has 0 radical (unpaired) electrons. The summed E-state index contributed by atoms with van der Waals surface area (Å²) >= 11 is 0. The molecule has 2 N–H and O–H groups in total. The molecule has 0 aliphatic heterocycles. The van der Waals surface area contributed by atoms with Crippen LogP contribution in [0.3, 0.4) is 0 Å². The Kier molecular flexibility index (Phi) is 2.61. The predicted molar refractivity (Wildman–Crippen MR) is 24.5 cm³/mol. The predicted octanol–water partition coefficient (Wildman–Crippen LogP) is -0.0642. The van der Waals surface area contributed by atoms with Crippen molar-refractivity contribution in [3.05, 3.63) is 0 Å². The molecule has 0 atom stereocenters. The molecule has 0 unspecified atom stereocenters. The fourth-order valence-corrected chi connectivity index (χ4v) is 0.214. The highest BCUT2D eigenvalue weighted by Crippen LogP contribution is 1.85. The number of carbonyl (C=O) groups is 2. The van der Waals surface area contributed by atoms with Crippen LogP contribution < -0.4 is 0 Å². The van der Waals surface area contributed by atoms with Crippen LogP contribution in [0, 0.1) is 0 Å². The van der Waals surface area contributed by atoms with Gasteiger partial charge >= 0.3 is 11.9 Å². The van der Waals surface area contributed by atoms with Crippen molar-refractivity contribution in [1.82, 2.24) is 0 Å². The van der Waals surface area contributed by atoms with Crippen molar-refractivity contribution in [1.29, 1.82) is 0 Å². The van der Waals surface area contributed by atoms with Gasteiger partial charge in [-0.2, -0.15) is 0 Å². The van der Waals surface area contributed by atoms with Crippen LogP contribution in [-0.2, 0) is 9.59 Å². The van der Waals surface area contributed by atoms with E-state index in [-0.39, 0.29) is 12.8 Å². The van der Waals surface area contributed by atoms with Crippen LogP contribution in [0.1, 0.15) is 12.8 Å². The zero-order valence-electron chi connectivity index (χ0n) is 4.13. The Morgan fingerprint density at radius 1 is 1.00 bits per heavy atom. The van der Waals surface area contributed by atoms with Crippen molar-refractivity contribution >= 4 is 11.9 Å². The lowest BCUT2D eigenvalue weighted by molar-refractivity contribution is -0.143. The van der Waals surface area contributed by atoms with Gasteiger partial charge in [-0.3, -0.25) is 9.59 Å². The third-order valence-electron chi connectivity index (χ3n) is 0.553. The second kappa shape index (κ2) is 3.01. The van der Waals surface area contributed by atoms with Crippen molar-refractivity contribution in [2.24, 2.45) is 0 Å². The zero-order chi connectivity index (χ0) is 6.57. The van der Waals surface area contributed by atoms with E-state index in [9.17, 15) is 9.59 Å². The fourth-order valence-electron chi connectivity index (χ4n) is 0.214. The zero-order valence-corrected chi connectivity index (χ0v) is 4.13. The maximum Gasteiger partial charge on any atom is 0.303 e. The smallest absolute Gasteiger partial charge is 0.303 e. The monoisotopic (exact) mass is 122 g/mol. The lowest BCUT2D eigenvalue weighted by Gasteiger charge is -1.85. The summed E-state index contributed by atoms with van der Waals surface area (Å²) in [6.45, 7) is 0. The summed E-state index contributed by atoms with van der Waals surface area (Å²) in [6.07, 6.45) is -0.593. The second-order valence-electron chi connectivity index (χ2n) is 1.29. The minimum atomic E-state index is -1.08. The first kappa shape index (κ1) is 6.94. The van der Waals surface area contributed by atoms with Crippen molar-refractivity contribution in [3.8, 4) is 0 Å². The number of aliphatic carboxylic acids is 2. The molecule has 0 amide bonds. The van der Waals surface area contributed by atoms with E-state index in [1.54, 1.807) is 0 Å². The van der Waals surface area contributed by atoms with E-state index in [1.807, 2.05) is 0 Å². The maximum atomic E-state index is 9.64. The fraction of sp³-hybridized carbons (Fsp3) is 0.500. The number of rotatable bonds is 3. The lowest BCUT2D eigenvalue weighted by Crippen LogP contribution is -2.00. The molecular formula is C4H6O4. The van der Waals surface area contributed by atoms with E-state index in [1.165, 1.54) is 0 Å². The first-order valence-corrected chi connectivity index (χ1v) is 2.06. The number of carboxylic acids is 2. The highest BCUT2D eigenvalue weighted by molar-refractivity contribution is 5.75. The van der Waals surface area contributed by atoms with Gasteiger partial charge < -0.3 is 10.2 Å². The molecule has 0 saturated heterocycles. The van der Waals surface area contributed by atoms with E-state index in [4.69, 9.17) is 10.2 Å². The molecule has 0 aromatic carbocycles.